The van der Waals surface area contributed by atoms with E-state index < -0.39 is 34.8 Å². The first-order valence-electron chi connectivity index (χ1n) is 6.79. The standard InChI is InChI=1S/C15H14F3NO3/c1-2-22-15(21)13(12-4-3-5-19-12)14(20)8-6-10(17)11(18)7-9(8)16/h6-7,19H,2-5H2,1H3/b13-12+. The summed E-state index contributed by atoms with van der Waals surface area (Å²) in [6.45, 7) is 2.15. The third kappa shape index (κ3) is 3.13. The largest absolute Gasteiger partial charge is 0.462 e. The molecular formula is C15H14F3NO3. The Morgan fingerprint density at radius 2 is 1.86 bits per heavy atom. The van der Waals surface area contributed by atoms with E-state index >= 15 is 0 Å². The van der Waals surface area contributed by atoms with Gasteiger partial charge in [-0.3, -0.25) is 4.79 Å². The van der Waals surface area contributed by atoms with Gasteiger partial charge in [-0.05, 0) is 25.8 Å². The van der Waals surface area contributed by atoms with E-state index in [-0.39, 0.29) is 18.2 Å². The van der Waals surface area contributed by atoms with Crippen molar-refractivity contribution in [1.82, 2.24) is 5.32 Å². The van der Waals surface area contributed by atoms with Crippen molar-refractivity contribution in [3.63, 3.8) is 0 Å². The quantitative estimate of drug-likeness (QED) is 0.232. The predicted molar refractivity (Wildman–Crippen MR) is 71.5 cm³/mol. The summed E-state index contributed by atoms with van der Waals surface area (Å²) in [5.41, 5.74) is -0.750. The first-order valence-corrected chi connectivity index (χ1v) is 6.79. The number of allylic oxidation sites excluding steroid dienone is 1. The van der Waals surface area contributed by atoms with Crippen LogP contribution in [-0.2, 0) is 9.53 Å². The van der Waals surface area contributed by atoms with E-state index in [2.05, 4.69) is 5.32 Å². The highest BCUT2D eigenvalue weighted by atomic mass is 19.2. The lowest BCUT2D eigenvalue weighted by Crippen LogP contribution is -2.23. The molecule has 0 bridgehead atoms. The zero-order valence-corrected chi connectivity index (χ0v) is 11.8. The lowest BCUT2D eigenvalue weighted by molar-refractivity contribution is -0.138. The number of benzene rings is 1. The number of carbonyl (C=O) groups is 2. The molecule has 0 radical (unpaired) electrons. The second kappa shape index (κ2) is 6.64. The summed E-state index contributed by atoms with van der Waals surface area (Å²) >= 11 is 0. The second-order valence-electron chi connectivity index (χ2n) is 4.68. The van der Waals surface area contributed by atoms with Gasteiger partial charge in [0.25, 0.3) is 0 Å². The number of ether oxygens (including phenoxy) is 1. The fraction of sp³-hybridized carbons (Fsp3) is 0.333. The zero-order chi connectivity index (χ0) is 16.3. The molecule has 0 atom stereocenters. The first-order chi connectivity index (χ1) is 10.5. The smallest absolute Gasteiger partial charge is 0.343 e. The topological polar surface area (TPSA) is 55.4 Å². The van der Waals surface area contributed by atoms with Gasteiger partial charge in [-0.25, -0.2) is 18.0 Å². The van der Waals surface area contributed by atoms with E-state index in [1.54, 1.807) is 6.92 Å². The van der Waals surface area contributed by atoms with Crippen LogP contribution in [0.15, 0.2) is 23.4 Å². The highest BCUT2D eigenvalue weighted by Gasteiger charge is 2.29. The lowest BCUT2D eigenvalue weighted by Gasteiger charge is -2.11. The van der Waals surface area contributed by atoms with Crippen LogP contribution in [0.1, 0.15) is 30.1 Å². The van der Waals surface area contributed by atoms with Crippen LogP contribution in [0, 0.1) is 17.5 Å². The molecule has 22 heavy (non-hydrogen) atoms. The van der Waals surface area contributed by atoms with Crippen LogP contribution < -0.4 is 5.32 Å². The molecule has 1 aliphatic rings. The van der Waals surface area contributed by atoms with Gasteiger partial charge in [0.1, 0.15) is 11.4 Å². The molecule has 7 heteroatoms. The Balaban J connectivity index is 2.49. The molecule has 1 heterocycles. The van der Waals surface area contributed by atoms with E-state index in [0.717, 1.165) is 0 Å². The third-order valence-electron chi connectivity index (χ3n) is 3.20. The van der Waals surface area contributed by atoms with Crippen LogP contribution in [-0.4, -0.2) is 24.9 Å². The van der Waals surface area contributed by atoms with E-state index in [1.807, 2.05) is 0 Å². The molecule has 1 N–H and O–H groups in total. The van der Waals surface area contributed by atoms with Gasteiger partial charge in [0.2, 0.25) is 5.78 Å². The average Bonchev–Trinajstić information content (AvgIpc) is 2.97. The number of Topliss-reactive ketones (excluding diaryl/α,β-unsaturated/α-hetero) is 1. The highest BCUT2D eigenvalue weighted by molar-refractivity contribution is 6.24. The molecule has 1 aromatic rings. The summed E-state index contributed by atoms with van der Waals surface area (Å²) in [6, 6.07) is 0.722. The number of esters is 1. The number of rotatable bonds is 4. The molecule has 0 unspecified atom stereocenters. The van der Waals surface area contributed by atoms with Gasteiger partial charge in [0.15, 0.2) is 11.6 Å². The Kier molecular flexibility index (Phi) is 4.85. The Hall–Kier alpha value is -2.31. The molecule has 1 aromatic carbocycles. The minimum atomic E-state index is -1.40. The van der Waals surface area contributed by atoms with Gasteiger partial charge in [-0.2, -0.15) is 0 Å². The molecule has 0 amide bonds. The summed E-state index contributed by atoms with van der Waals surface area (Å²) in [4.78, 5) is 24.4. The molecule has 0 spiro atoms. The van der Waals surface area contributed by atoms with Crippen LogP contribution in [0.3, 0.4) is 0 Å². The van der Waals surface area contributed by atoms with E-state index in [0.29, 0.717) is 31.1 Å². The van der Waals surface area contributed by atoms with E-state index in [4.69, 9.17) is 4.74 Å². The van der Waals surface area contributed by atoms with Crippen LogP contribution in [0.2, 0.25) is 0 Å². The molecular weight excluding hydrogens is 299 g/mol. The molecule has 1 saturated heterocycles. The fourth-order valence-electron chi connectivity index (χ4n) is 2.19. The number of carbonyl (C=O) groups excluding carboxylic acids is 2. The van der Waals surface area contributed by atoms with Gasteiger partial charge >= 0.3 is 5.97 Å². The van der Waals surface area contributed by atoms with Crippen molar-refractivity contribution in [2.45, 2.75) is 19.8 Å². The molecule has 4 nitrogen and oxygen atoms in total. The van der Waals surface area contributed by atoms with Crippen LogP contribution in [0.4, 0.5) is 13.2 Å². The Bertz CT molecular complexity index is 648. The van der Waals surface area contributed by atoms with E-state index in [1.165, 1.54) is 0 Å². The maximum absolute atomic E-state index is 13.8. The van der Waals surface area contributed by atoms with Crippen molar-refractivity contribution in [1.29, 1.82) is 0 Å². The number of hydrogen-bond acceptors (Lipinski definition) is 4. The van der Waals surface area contributed by atoms with Gasteiger partial charge in [-0.15, -0.1) is 0 Å². The predicted octanol–water partition coefficient (Wildman–Crippen LogP) is 2.49. The summed E-state index contributed by atoms with van der Waals surface area (Å²) in [5.74, 6) is -5.94. The lowest BCUT2D eigenvalue weighted by atomic mass is 10.00. The SMILES string of the molecule is CCOC(=O)/C(C(=O)c1cc(F)c(F)cc1F)=C1\CCCN1. The normalized spacial score (nSPS) is 16.2. The molecule has 2 rings (SSSR count). The van der Waals surface area contributed by atoms with Crippen molar-refractivity contribution < 1.29 is 27.5 Å². The van der Waals surface area contributed by atoms with Gasteiger partial charge in [0, 0.05) is 18.3 Å². The van der Waals surface area contributed by atoms with Crippen LogP contribution in [0.25, 0.3) is 0 Å². The molecule has 118 valence electrons. The zero-order valence-electron chi connectivity index (χ0n) is 11.8. The Morgan fingerprint density at radius 3 is 2.45 bits per heavy atom. The van der Waals surface area contributed by atoms with Crippen LogP contribution >= 0.6 is 0 Å². The summed E-state index contributed by atoms with van der Waals surface area (Å²) in [5, 5.41) is 2.86. The summed E-state index contributed by atoms with van der Waals surface area (Å²) < 4.78 is 44.8. The van der Waals surface area contributed by atoms with Crippen molar-refractivity contribution in [3.05, 3.63) is 46.4 Å². The molecule has 1 fully saturated rings. The Labute approximate surface area is 125 Å². The Morgan fingerprint density at radius 1 is 1.18 bits per heavy atom. The number of ketones is 1. The molecule has 1 aliphatic heterocycles. The van der Waals surface area contributed by atoms with Gasteiger partial charge in [0.05, 0.1) is 12.2 Å². The number of nitrogens with one attached hydrogen (secondary N) is 1. The molecule has 0 aromatic heterocycles. The highest BCUT2D eigenvalue weighted by Crippen LogP contribution is 2.22. The maximum Gasteiger partial charge on any atom is 0.343 e. The first kappa shape index (κ1) is 16.1. The van der Waals surface area contributed by atoms with Crippen molar-refractivity contribution in [2.24, 2.45) is 0 Å². The summed E-state index contributed by atoms with van der Waals surface area (Å²) in [6.07, 6.45) is 1.12. The average molecular weight is 313 g/mol. The maximum atomic E-state index is 13.8. The van der Waals surface area contributed by atoms with E-state index in [9.17, 15) is 22.8 Å². The van der Waals surface area contributed by atoms with Crippen molar-refractivity contribution in [3.8, 4) is 0 Å². The number of halogens is 3. The minimum Gasteiger partial charge on any atom is -0.462 e. The van der Waals surface area contributed by atoms with Gasteiger partial charge < -0.3 is 10.1 Å². The van der Waals surface area contributed by atoms with Crippen molar-refractivity contribution in [2.75, 3.05) is 13.2 Å². The van der Waals surface area contributed by atoms with Crippen molar-refractivity contribution >= 4 is 11.8 Å². The molecule has 0 aliphatic carbocycles. The minimum absolute atomic E-state index is 0.0309. The molecule has 0 saturated carbocycles. The summed E-state index contributed by atoms with van der Waals surface area (Å²) in [7, 11) is 0. The third-order valence-corrected chi connectivity index (χ3v) is 3.20. The van der Waals surface area contributed by atoms with Gasteiger partial charge in [-0.1, -0.05) is 0 Å². The second-order valence-corrected chi connectivity index (χ2v) is 4.68. The number of hydrogen-bond donors (Lipinski definition) is 1. The fourth-order valence-corrected chi connectivity index (χ4v) is 2.19. The monoisotopic (exact) mass is 313 g/mol. The van der Waals surface area contributed by atoms with Crippen LogP contribution in [0.5, 0.6) is 0 Å².